The Morgan fingerprint density at radius 3 is 2.48 bits per heavy atom. The van der Waals surface area contributed by atoms with Crippen molar-refractivity contribution in [3.8, 4) is 0 Å². The van der Waals surface area contributed by atoms with Gasteiger partial charge in [-0.15, -0.1) is 11.3 Å². The van der Waals surface area contributed by atoms with E-state index in [0.717, 1.165) is 6.07 Å². The van der Waals surface area contributed by atoms with Crippen molar-refractivity contribution < 1.29 is 18.4 Å². The fourth-order valence-electron chi connectivity index (χ4n) is 2.05. The summed E-state index contributed by atoms with van der Waals surface area (Å²) < 4.78 is 25.9. The van der Waals surface area contributed by atoms with E-state index in [0.29, 0.717) is 31.0 Å². The summed E-state index contributed by atoms with van der Waals surface area (Å²) in [6.45, 7) is 2.13. The molecule has 0 atom stereocenters. The molecule has 0 radical (unpaired) electrons. The molecular formula is C10H14ClN3O5S2. The average Bonchev–Trinajstić information content (AvgIpc) is 2.83. The van der Waals surface area contributed by atoms with E-state index in [2.05, 4.69) is 0 Å². The Morgan fingerprint density at radius 1 is 1.38 bits per heavy atom. The smallest absolute Gasteiger partial charge is 0.300 e. The highest BCUT2D eigenvalue weighted by atomic mass is 35.5. The van der Waals surface area contributed by atoms with Crippen LogP contribution >= 0.6 is 22.9 Å². The number of piperazine rings is 1. The highest BCUT2D eigenvalue weighted by molar-refractivity contribution is 7.91. The van der Waals surface area contributed by atoms with Crippen molar-refractivity contribution in [3.63, 3.8) is 0 Å². The Bertz CT molecular complexity index is 625. The van der Waals surface area contributed by atoms with Gasteiger partial charge in [0.1, 0.15) is 4.21 Å². The largest absolute Gasteiger partial charge is 0.395 e. The lowest BCUT2D eigenvalue weighted by molar-refractivity contribution is -0.384. The minimum Gasteiger partial charge on any atom is -0.395 e. The zero-order valence-corrected chi connectivity index (χ0v) is 13.3. The summed E-state index contributed by atoms with van der Waals surface area (Å²) in [4.78, 5) is 12.0. The molecule has 1 N–H and O–H groups in total. The summed E-state index contributed by atoms with van der Waals surface area (Å²) in [7, 11) is -3.76. The predicted octanol–water partition coefficient (Wildman–Crippen LogP) is 0.608. The average molecular weight is 356 g/mol. The molecule has 0 aromatic carbocycles. The Kier molecular flexibility index (Phi) is 5.17. The lowest BCUT2D eigenvalue weighted by Crippen LogP contribution is -2.49. The van der Waals surface area contributed by atoms with Crippen LogP contribution in [0.5, 0.6) is 0 Å². The van der Waals surface area contributed by atoms with Crippen LogP contribution in [0.2, 0.25) is 4.34 Å². The standard InChI is InChI=1S/C10H14ClN3O5S2/c11-10-8(14(16)17)7-9(20-10)21(18,19)13-3-1-12(2-4-13)5-6-15/h7,15H,1-6H2. The van der Waals surface area contributed by atoms with E-state index < -0.39 is 14.9 Å². The summed E-state index contributed by atoms with van der Waals surface area (Å²) >= 11 is 6.40. The number of nitrogens with zero attached hydrogens (tertiary/aromatic N) is 3. The van der Waals surface area contributed by atoms with Gasteiger partial charge < -0.3 is 5.11 Å². The molecule has 2 rings (SSSR count). The van der Waals surface area contributed by atoms with E-state index in [1.54, 1.807) is 0 Å². The van der Waals surface area contributed by atoms with Crippen LogP contribution in [0.4, 0.5) is 5.69 Å². The summed E-state index contributed by atoms with van der Waals surface area (Å²) in [5.74, 6) is 0. The Hall–Kier alpha value is -0.780. The number of halogens is 1. The maximum Gasteiger partial charge on any atom is 0.300 e. The van der Waals surface area contributed by atoms with E-state index >= 15 is 0 Å². The highest BCUT2D eigenvalue weighted by Crippen LogP contribution is 2.37. The normalized spacial score (nSPS) is 18.0. The molecule has 0 bridgehead atoms. The SMILES string of the molecule is O=[N+]([O-])c1cc(S(=O)(=O)N2CCN(CCO)CC2)sc1Cl. The van der Waals surface area contributed by atoms with Gasteiger partial charge in [-0.2, -0.15) is 4.31 Å². The minimum absolute atomic E-state index is 0.0273. The zero-order valence-electron chi connectivity index (χ0n) is 10.9. The summed E-state index contributed by atoms with van der Waals surface area (Å²) in [6, 6.07) is 1.00. The van der Waals surface area contributed by atoms with Crippen molar-refractivity contribution in [2.45, 2.75) is 4.21 Å². The minimum atomic E-state index is -3.76. The van der Waals surface area contributed by atoms with Crippen LogP contribution < -0.4 is 0 Å². The molecule has 21 heavy (non-hydrogen) atoms. The number of nitro groups is 1. The topological polar surface area (TPSA) is 104 Å². The lowest BCUT2D eigenvalue weighted by Gasteiger charge is -2.33. The van der Waals surface area contributed by atoms with E-state index in [9.17, 15) is 18.5 Å². The lowest BCUT2D eigenvalue weighted by atomic mass is 10.4. The predicted molar refractivity (Wildman–Crippen MR) is 78.3 cm³/mol. The number of aliphatic hydroxyl groups excluding tert-OH is 1. The van der Waals surface area contributed by atoms with Gasteiger partial charge in [-0.05, 0) is 0 Å². The van der Waals surface area contributed by atoms with Crippen molar-refractivity contribution in [1.82, 2.24) is 9.21 Å². The molecule has 118 valence electrons. The molecule has 0 aliphatic carbocycles. The fraction of sp³-hybridized carbons (Fsp3) is 0.600. The van der Waals surface area contributed by atoms with Crippen molar-refractivity contribution in [1.29, 1.82) is 0 Å². The molecule has 1 fully saturated rings. The van der Waals surface area contributed by atoms with Gasteiger partial charge in [0.25, 0.3) is 15.7 Å². The van der Waals surface area contributed by atoms with Gasteiger partial charge in [-0.25, -0.2) is 8.42 Å². The van der Waals surface area contributed by atoms with Crippen molar-refractivity contribution in [2.75, 3.05) is 39.3 Å². The van der Waals surface area contributed by atoms with Gasteiger partial charge in [0.15, 0.2) is 4.34 Å². The van der Waals surface area contributed by atoms with Crippen LogP contribution in [0.15, 0.2) is 10.3 Å². The second-order valence-electron chi connectivity index (χ2n) is 4.45. The first-order valence-corrected chi connectivity index (χ1v) is 8.77. The molecule has 8 nitrogen and oxygen atoms in total. The van der Waals surface area contributed by atoms with Gasteiger partial charge in [0.05, 0.1) is 11.5 Å². The number of thiophene rings is 1. The molecular weight excluding hydrogens is 342 g/mol. The van der Waals surface area contributed by atoms with Crippen LogP contribution in [-0.4, -0.2) is 67.0 Å². The fourth-order valence-corrected chi connectivity index (χ4v) is 5.29. The summed E-state index contributed by atoms with van der Waals surface area (Å²) in [5, 5.41) is 19.6. The van der Waals surface area contributed by atoms with Crippen LogP contribution in [-0.2, 0) is 10.0 Å². The van der Waals surface area contributed by atoms with Crippen LogP contribution in [0, 0.1) is 10.1 Å². The monoisotopic (exact) mass is 355 g/mol. The Balaban J connectivity index is 2.16. The molecule has 1 aliphatic rings. The molecule has 1 aromatic rings. The van der Waals surface area contributed by atoms with E-state index in [-0.39, 0.29) is 33.9 Å². The quantitative estimate of drug-likeness (QED) is 0.613. The van der Waals surface area contributed by atoms with E-state index in [1.807, 2.05) is 4.90 Å². The van der Waals surface area contributed by atoms with Gasteiger partial charge in [-0.1, -0.05) is 11.6 Å². The second-order valence-corrected chi connectivity index (χ2v) is 8.27. The number of β-amino-alcohol motifs (C(OH)–C–C–N with tert-alkyl or cyclic N) is 1. The second kappa shape index (κ2) is 6.55. The summed E-state index contributed by atoms with van der Waals surface area (Å²) in [5.41, 5.74) is -0.390. The van der Waals surface area contributed by atoms with Gasteiger partial charge >= 0.3 is 0 Å². The third-order valence-corrected chi connectivity index (χ3v) is 6.87. The first kappa shape index (κ1) is 16.6. The molecule has 0 amide bonds. The highest BCUT2D eigenvalue weighted by Gasteiger charge is 2.32. The first-order chi connectivity index (χ1) is 9.86. The van der Waals surface area contributed by atoms with Crippen molar-refractivity contribution in [2.24, 2.45) is 0 Å². The molecule has 2 heterocycles. The maximum absolute atomic E-state index is 12.4. The number of aliphatic hydroxyl groups is 1. The molecule has 11 heteroatoms. The number of hydrogen-bond donors (Lipinski definition) is 1. The van der Waals surface area contributed by atoms with Crippen LogP contribution in [0.25, 0.3) is 0 Å². The number of rotatable bonds is 5. The molecule has 0 saturated carbocycles. The van der Waals surface area contributed by atoms with Gasteiger partial charge in [-0.3, -0.25) is 15.0 Å². The third-order valence-electron chi connectivity index (χ3n) is 3.18. The van der Waals surface area contributed by atoms with Gasteiger partial charge in [0.2, 0.25) is 0 Å². The maximum atomic E-state index is 12.4. The Morgan fingerprint density at radius 2 is 2.00 bits per heavy atom. The number of hydrogen-bond acceptors (Lipinski definition) is 7. The van der Waals surface area contributed by atoms with Gasteiger partial charge in [0, 0.05) is 38.8 Å². The third kappa shape index (κ3) is 3.52. The Labute approximate surface area is 130 Å². The number of sulfonamides is 1. The zero-order chi connectivity index (χ0) is 15.6. The van der Waals surface area contributed by atoms with E-state index in [4.69, 9.17) is 16.7 Å². The molecule has 1 aromatic heterocycles. The molecule has 0 unspecified atom stereocenters. The van der Waals surface area contributed by atoms with Crippen LogP contribution in [0.3, 0.4) is 0 Å². The summed E-state index contributed by atoms with van der Waals surface area (Å²) in [6.07, 6.45) is 0. The molecule has 1 aliphatic heterocycles. The molecule has 0 spiro atoms. The van der Waals surface area contributed by atoms with Crippen LogP contribution in [0.1, 0.15) is 0 Å². The van der Waals surface area contributed by atoms with Crippen molar-refractivity contribution in [3.05, 3.63) is 20.5 Å². The van der Waals surface area contributed by atoms with E-state index in [1.165, 1.54) is 4.31 Å². The molecule has 1 saturated heterocycles. The first-order valence-electron chi connectivity index (χ1n) is 6.13. The van der Waals surface area contributed by atoms with Crippen molar-refractivity contribution >= 4 is 38.6 Å².